The minimum atomic E-state index is -0.0972. The van der Waals surface area contributed by atoms with Crippen LogP contribution >= 0.6 is 11.3 Å². The predicted octanol–water partition coefficient (Wildman–Crippen LogP) is 3.97. The van der Waals surface area contributed by atoms with Crippen molar-refractivity contribution in [1.82, 2.24) is 19.6 Å². The Balaban J connectivity index is 1.65. The second kappa shape index (κ2) is 7.16. The van der Waals surface area contributed by atoms with Crippen molar-refractivity contribution in [3.63, 3.8) is 0 Å². The van der Waals surface area contributed by atoms with Crippen LogP contribution in [0.2, 0.25) is 0 Å². The van der Waals surface area contributed by atoms with Gasteiger partial charge < -0.3 is 10.2 Å². The Labute approximate surface area is 160 Å². The smallest absolute Gasteiger partial charge is 0.221 e. The fourth-order valence-corrected chi connectivity index (χ4v) is 3.82. The highest BCUT2D eigenvalue weighted by atomic mass is 32.1. The molecule has 0 aliphatic carbocycles. The van der Waals surface area contributed by atoms with E-state index in [1.54, 1.807) is 16.9 Å². The molecule has 0 unspecified atom stereocenters. The second-order valence-electron chi connectivity index (χ2n) is 5.95. The maximum absolute atomic E-state index is 11.3. The number of hydrogen-bond donors (Lipinski definition) is 1. The van der Waals surface area contributed by atoms with E-state index in [0.29, 0.717) is 0 Å². The Morgan fingerprint density at radius 2 is 2.07 bits per heavy atom. The molecule has 0 atom stereocenters. The van der Waals surface area contributed by atoms with Crippen LogP contribution in [0.4, 0.5) is 16.5 Å². The van der Waals surface area contributed by atoms with Gasteiger partial charge in [-0.25, -0.2) is 9.50 Å². The van der Waals surface area contributed by atoms with Crippen LogP contribution in [0.15, 0.2) is 55.0 Å². The maximum Gasteiger partial charge on any atom is 0.221 e. The Morgan fingerprint density at radius 3 is 2.78 bits per heavy atom. The highest BCUT2D eigenvalue weighted by molar-refractivity contribution is 7.20. The molecule has 4 aromatic rings. The summed E-state index contributed by atoms with van der Waals surface area (Å²) >= 11 is 1.53. The summed E-state index contributed by atoms with van der Waals surface area (Å²) in [7, 11) is 0. The van der Waals surface area contributed by atoms with E-state index in [1.807, 2.05) is 42.6 Å². The zero-order valence-corrected chi connectivity index (χ0v) is 15.8. The van der Waals surface area contributed by atoms with Crippen molar-refractivity contribution in [3.8, 4) is 11.3 Å². The largest absolute Gasteiger partial charge is 0.326 e. The molecule has 27 heavy (non-hydrogen) atoms. The summed E-state index contributed by atoms with van der Waals surface area (Å²) in [6.45, 7) is 4.38. The van der Waals surface area contributed by atoms with Crippen LogP contribution in [0.1, 0.15) is 13.8 Å². The molecule has 136 valence electrons. The molecule has 3 aromatic heterocycles. The van der Waals surface area contributed by atoms with Crippen LogP contribution < -0.4 is 10.2 Å². The average molecular weight is 378 g/mol. The van der Waals surface area contributed by atoms with Crippen molar-refractivity contribution in [2.24, 2.45) is 0 Å². The molecule has 0 saturated heterocycles. The molecular weight excluding hydrogens is 360 g/mol. The number of carbonyl (C=O) groups excluding carboxylic acids is 1. The minimum absolute atomic E-state index is 0.0972. The highest BCUT2D eigenvalue weighted by Gasteiger charge is 2.15. The number of aromatic nitrogens is 4. The topological polar surface area (TPSA) is 75.4 Å². The van der Waals surface area contributed by atoms with Gasteiger partial charge in [0, 0.05) is 42.8 Å². The number of amides is 1. The van der Waals surface area contributed by atoms with E-state index in [1.165, 1.54) is 18.3 Å². The third-order valence-electron chi connectivity index (χ3n) is 4.03. The van der Waals surface area contributed by atoms with E-state index < -0.39 is 0 Å². The van der Waals surface area contributed by atoms with Crippen LogP contribution in [-0.2, 0) is 4.79 Å². The standard InChI is InChI=1S/C19H18N6OS/c1-3-24(16-7-9-20-10-8-16)19-23-25-12-17(22-18(25)27-19)14-5-4-6-15(11-14)21-13(2)26/h4-12H,3H2,1-2H3,(H,21,26). The third kappa shape index (κ3) is 3.52. The lowest BCUT2D eigenvalue weighted by molar-refractivity contribution is -0.114. The number of benzene rings is 1. The predicted molar refractivity (Wildman–Crippen MR) is 108 cm³/mol. The Morgan fingerprint density at radius 1 is 1.26 bits per heavy atom. The van der Waals surface area contributed by atoms with Crippen LogP contribution in [0.25, 0.3) is 16.2 Å². The number of fused-ring (bicyclic) bond motifs is 1. The Hall–Kier alpha value is -3.26. The monoisotopic (exact) mass is 378 g/mol. The number of rotatable bonds is 5. The number of anilines is 3. The molecule has 3 heterocycles. The van der Waals surface area contributed by atoms with Gasteiger partial charge in [0.25, 0.3) is 0 Å². The zero-order chi connectivity index (χ0) is 18.8. The summed E-state index contributed by atoms with van der Waals surface area (Å²) in [6, 6.07) is 11.6. The number of nitrogens with zero attached hydrogens (tertiary/aromatic N) is 5. The maximum atomic E-state index is 11.3. The molecule has 1 N–H and O–H groups in total. The fraction of sp³-hybridized carbons (Fsp3) is 0.158. The summed E-state index contributed by atoms with van der Waals surface area (Å²) in [5, 5.41) is 8.36. The summed E-state index contributed by atoms with van der Waals surface area (Å²) in [6.07, 6.45) is 5.45. The third-order valence-corrected chi connectivity index (χ3v) is 4.98. The lowest BCUT2D eigenvalue weighted by Gasteiger charge is -2.18. The van der Waals surface area contributed by atoms with E-state index in [0.717, 1.165) is 39.3 Å². The van der Waals surface area contributed by atoms with Crippen LogP contribution in [-0.4, -0.2) is 32.0 Å². The number of nitrogens with one attached hydrogen (secondary N) is 1. The first-order valence-corrected chi connectivity index (χ1v) is 9.37. The van der Waals surface area contributed by atoms with E-state index in [2.05, 4.69) is 27.2 Å². The molecule has 7 nitrogen and oxygen atoms in total. The van der Waals surface area contributed by atoms with Crippen LogP contribution in [0.5, 0.6) is 0 Å². The summed E-state index contributed by atoms with van der Waals surface area (Å²) in [5.74, 6) is -0.0972. The Kier molecular flexibility index (Phi) is 4.55. The molecule has 1 aromatic carbocycles. The van der Waals surface area contributed by atoms with Crippen molar-refractivity contribution >= 4 is 38.7 Å². The molecule has 0 saturated carbocycles. The molecule has 0 spiro atoms. The van der Waals surface area contributed by atoms with E-state index in [4.69, 9.17) is 4.98 Å². The van der Waals surface area contributed by atoms with Crippen molar-refractivity contribution in [3.05, 3.63) is 55.0 Å². The number of imidazole rings is 1. The van der Waals surface area contributed by atoms with Gasteiger partial charge in [0.15, 0.2) is 0 Å². The quantitative estimate of drug-likeness (QED) is 0.569. The minimum Gasteiger partial charge on any atom is -0.326 e. The molecule has 4 rings (SSSR count). The molecule has 0 radical (unpaired) electrons. The molecule has 0 aliphatic rings. The molecule has 1 amide bonds. The first-order chi connectivity index (χ1) is 13.1. The molecule has 0 aliphatic heterocycles. The van der Waals surface area contributed by atoms with Gasteiger partial charge in [-0.1, -0.05) is 23.5 Å². The van der Waals surface area contributed by atoms with Gasteiger partial charge in [-0.05, 0) is 31.2 Å². The summed E-state index contributed by atoms with van der Waals surface area (Å²) in [4.78, 5) is 23.0. The number of pyridine rings is 1. The van der Waals surface area contributed by atoms with Gasteiger partial charge in [-0.3, -0.25) is 9.78 Å². The molecular formula is C19H18N6OS. The average Bonchev–Trinajstić information content (AvgIpc) is 3.22. The second-order valence-corrected chi connectivity index (χ2v) is 6.88. The lowest BCUT2D eigenvalue weighted by atomic mass is 10.1. The van der Waals surface area contributed by atoms with Gasteiger partial charge in [0.1, 0.15) is 0 Å². The van der Waals surface area contributed by atoms with E-state index in [9.17, 15) is 4.79 Å². The van der Waals surface area contributed by atoms with Gasteiger partial charge in [-0.15, -0.1) is 5.10 Å². The SMILES string of the molecule is CCN(c1ccncc1)c1nn2cc(-c3cccc(NC(C)=O)c3)nc2s1. The number of hydrogen-bond acceptors (Lipinski definition) is 6. The first kappa shape index (κ1) is 17.2. The normalized spacial score (nSPS) is 10.9. The van der Waals surface area contributed by atoms with Crippen molar-refractivity contribution in [2.75, 3.05) is 16.8 Å². The van der Waals surface area contributed by atoms with E-state index in [-0.39, 0.29) is 5.91 Å². The summed E-state index contributed by atoms with van der Waals surface area (Å²) < 4.78 is 1.80. The number of carbonyl (C=O) groups is 1. The fourth-order valence-electron chi connectivity index (χ4n) is 2.85. The molecule has 0 fully saturated rings. The zero-order valence-electron chi connectivity index (χ0n) is 15.0. The van der Waals surface area contributed by atoms with Gasteiger partial charge >= 0.3 is 0 Å². The highest BCUT2D eigenvalue weighted by Crippen LogP contribution is 2.31. The van der Waals surface area contributed by atoms with Gasteiger partial charge in [0.05, 0.1) is 11.9 Å². The van der Waals surface area contributed by atoms with Crippen LogP contribution in [0, 0.1) is 0 Å². The van der Waals surface area contributed by atoms with Crippen molar-refractivity contribution in [2.45, 2.75) is 13.8 Å². The molecule has 8 heteroatoms. The van der Waals surface area contributed by atoms with Crippen molar-refractivity contribution < 1.29 is 4.79 Å². The van der Waals surface area contributed by atoms with Crippen LogP contribution in [0.3, 0.4) is 0 Å². The lowest BCUT2D eigenvalue weighted by Crippen LogP contribution is -2.15. The molecule has 0 bridgehead atoms. The first-order valence-electron chi connectivity index (χ1n) is 8.56. The van der Waals surface area contributed by atoms with Gasteiger partial charge in [-0.2, -0.15) is 0 Å². The van der Waals surface area contributed by atoms with Gasteiger partial charge in [0.2, 0.25) is 16.0 Å². The Bertz CT molecular complexity index is 1060. The van der Waals surface area contributed by atoms with E-state index >= 15 is 0 Å². The summed E-state index contributed by atoms with van der Waals surface area (Å²) in [5.41, 5.74) is 3.55. The van der Waals surface area contributed by atoms with Crippen molar-refractivity contribution in [1.29, 1.82) is 0 Å².